The number of nitrogens with zero attached hydrogens (tertiary/aromatic N) is 1. The third kappa shape index (κ3) is 2.22. The summed E-state index contributed by atoms with van der Waals surface area (Å²) in [5.74, 6) is -1.03. The molecular formula is C7H7ClN2O3. The summed E-state index contributed by atoms with van der Waals surface area (Å²) in [7, 11) is 0. The summed E-state index contributed by atoms with van der Waals surface area (Å²) in [5.41, 5.74) is 4.74. The highest BCUT2D eigenvalue weighted by Crippen LogP contribution is 2.04. The van der Waals surface area contributed by atoms with Crippen molar-refractivity contribution in [3.8, 4) is 0 Å². The number of carbonyl (C=O) groups is 1. The number of carboxylic acid groups (broad SMARTS) is 1. The summed E-state index contributed by atoms with van der Waals surface area (Å²) >= 11 is 5.50. The standard InChI is InChI=1S/C7H7ClN2O3/c8-4-1-10(3-6(11)12)2-5(9)7(4)13/h1-2H,3,9H2,(H,11,12). The van der Waals surface area contributed by atoms with Gasteiger partial charge in [0, 0.05) is 12.4 Å². The lowest BCUT2D eigenvalue weighted by Crippen LogP contribution is -2.15. The Hall–Kier alpha value is -1.49. The van der Waals surface area contributed by atoms with E-state index in [4.69, 9.17) is 22.4 Å². The summed E-state index contributed by atoms with van der Waals surface area (Å²) < 4.78 is 1.24. The minimum absolute atomic E-state index is 0.0613. The van der Waals surface area contributed by atoms with Crippen molar-refractivity contribution in [2.45, 2.75) is 6.54 Å². The molecule has 1 aromatic rings. The van der Waals surface area contributed by atoms with E-state index in [1.165, 1.54) is 17.0 Å². The van der Waals surface area contributed by atoms with Crippen LogP contribution in [0.25, 0.3) is 0 Å². The van der Waals surface area contributed by atoms with Gasteiger partial charge in [-0.1, -0.05) is 11.6 Å². The Morgan fingerprint density at radius 1 is 1.62 bits per heavy atom. The summed E-state index contributed by atoms with van der Waals surface area (Å²) in [5, 5.41) is 8.35. The van der Waals surface area contributed by atoms with Crippen LogP contribution in [0.5, 0.6) is 0 Å². The number of rotatable bonds is 2. The molecule has 70 valence electrons. The Labute approximate surface area is 78.4 Å². The Morgan fingerprint density at radius 3 is 2.69 bits per heavy atom. The number of aromatic nitrogens is 1. The van der Waals surface area contributed by atoms with Crippen molar-refractivity contribution in [2.75, 3.05) is 5.73 Å². The van der Waals surface area contributed by atoms with E-state index >= 15 is 0 Å². The zero-order chi connectivity index (χ0) is 10.0. The largest absolute Gasteiger partial charge is 0.480 e. The van der Waals surface area contributed by atoms with Crippen molar-refractivity contribution >= 4 is 23.3 Å². The van der Waals surface area contributed by atoms with Crippen molar-refractivity contribution in [2.24, 2.45) is 0 Å². The Bertz CT molecular complexity index is 373. The number of halogens is 1. The fourth-order valence-corrected chi connectivity index (χ4v) is 1.10. The number of pyridine rings is 1. The topological polar surface area (TPSA) is 85.3 Å². The molecule has 0 saturated heterocycles. The first-order valence-electron chi connectivity index (χ1n) is 3.37. The van der Waals surface area contributed by atoms with Gasteiger partial charge in [0.05, 0.1) is 5.69 Å². The van der Waals surface area contributed by atoms with E-state index in [0.29, 0.717) is 0 Å². The highest BCUT2D eigenvalue weighted by atomic mass is 35.5. The summed E-state index contributed by atoms with van der Waals surface area (Å²) in [6, 6.07) is 0. The Kier molecular flexibility index (Phi) is 2.57. The lowest BCUT2D eigenvalue weighted by Gasteiger charge is -2.03. The SMILES string of the molecule is Nc1cn(CC(=O)O)cc(Cl)c1=O. The van der Waals surface area contributed by atoms with Crippen LogP contribution in [0, 0.1) is 0 Å². The average Bonchev–Trinajstić information content (AvgIpc) is 1.98. The zero-order valence-electron chi connectivity index (χ0n) is 6.53. The molecule has 0 saturated carbocycles. The maximum atomic E-state index is 11.0. The van der Waals surface area contributed by atoms with E-state index < -0.39 is 11.4 Å². The van der Waals surface area contributed by atoms with Gasteiger partial charge in [0.25, 0.3) is 0 Å². The van der Waals surface area contributed by atoms with Crippen LogP contribution in [0.3, 0.4) is 0 Å². The number of hydrogen-bond acceptors (Lipinski definition) is 3. The third-order valence-corrected chi connectivity index (χ3v) is 1.65. The molecule has 0 aliphatic rings. The predicted octanol–water partition coefficient (Wildman–Crippen LogP) is 0.168. The van der Waals surface area contributed by atoms with Gasteiger partial charge >= 0.3 is 5.97 Å². The van der Waals surface area contributed by atoms with Crippen LogP contribution in [0.15, 0.2) is 17.2 Å². The third-order valence-electron chi connectivity index (χ3n) is 1.38. The monoisotopic (exact) mass is 202 g/mol. The fraction of sp³-hybridized carbons (Fsp3) is 0.143. The Balaban J connectivity index is 3.13. The van der Waals surface area contributed by atoms with E-state index in [2.05, 4.69) is 0 Å². The molecule has 0 aliphatic heterocycles. The fourth-order valence-electron chi connectivity index (χ4n) is 0.864. The van der Waals surface area contributed by atoms with Gasteiger partial charge < -0.3 is 15.4 Å². The molecule has 0 aromatic carbocycles. The minimum atomic E-state index is -1.03. The highest BCUT2D eigenvalue weighted by Gasteiger charge is 2.04. The lowest BCUT2D eigenvalue weighted by atomic mass is 10.4. The second-order valence-corrected chi connectivity index (χ2v) is 2.86. The molecule has 5 nitrogen and oxygen atoms in total. The number of nitrogens with two attached hydrogens (primary N) is 1. The van der Waals surface area contributed by atoms with Gasteiger partial charge in [0.1, 0.15) is 11.6 Å². The van der Waals surface area contributed by atoms with Gasteiger partial charge in [0.2, 0.25) is 5.43 Å². The zero-order valence-corrected chi connectivity index (χ0v) is 7.28. The first-order valence-corrected chi connectivity index (χ1v) is 3.75. The Morgan fingerprint density at radius 2 is 2.23 bits per heavy atom. The van der Waals surface area contributed by atoms with Gasteiger partial charge in [-0.15, -0.1) is 0 Å². The highest BCUT2D eigenvalue weighted by molar-refractivity contribution is 6.30. The van der Waals surface area contributed by atoms with E-state index in [0.717, 1.165) is 0 Å². The maximum Gasteiger partial charge on any atom is 0.323 e. The normalized spacial score (nSPS) is 9.92. The number of carboxylic acids is 1. The van der Waals surface area contributed by atoms with Gasteiger partial charge in [-0.2, -0.15) is 0 Å². The number of anilines is 1. The van der Waals surface area contributed by atoms with E-state index in [9.17, 15) is 9.59 Å². The second-order valence-electron chi connectivity index (χ2n) is 2.46. The molecule has 1 rings (SSSR count). The quantitative estimate of drug-likeness (QED) is 0.716. The van der Waals surface area contributed by atoms with Crippen LogP contribution in [-0.4, -0.2) is 15.6 Å². The summed E-state index contributed by atoms with van der Waals surface area (Å²) in [6.07, 6.45) is 2.47. The van der Waals surface area contributed by atoms with E-state index in [-0.39, 0.29) is 17.3 Å². The number of nitrogen functional groups attached to an aromatic ring is 1. The van der Waals surface area contributed by atoms with Gasteiger partial charge in [-0.3, -0.25) is 9.59 Å². The van der Waals surface area contributed by atoms with Crippen molar-refractivity contribution in [3.05, 3.63) is 27.6 Å². The summed E-state index contributed by atoms with van der Waals surface area (Å²) in [4.78, 5) is 21.3. The molecule has 3 N–H and O–H groups in total. The smallest absolute Gasteiger partial charge is 0.323 e. The van der Waals surface area contributed by atoms with Crippen LogP contribution < -0.4 is 11.2 Å². The first kappa shape index (κ1) is 9.60. The molecule has 1 heterocycles. The predicted molar refractivity (Wildman–Crippen MR) is 47.8 cm³/mol. The molecule has 0 aliphatic carbocycles. The van der Waals surface area contributed by atoms with Crippen LogP contribution in [0.1, 0.15) is 0 Å². The molecule has 0 unspecified atom stereocenters. The van der Waals surface area contributed by atoms with Crippen LogP contribution in [0.4, 0.5) is 5.69 Å². The molecule has 0 radical (unpaired) electrons. The molecule has 0 atom stereocenters. The average molecular weight is 203 g/mol. The van der Waals surface area contributed by atoms with E-state index in [1.54, 1.807) is 0 Å². The molecule has 0 spiro atoms. The van der Waals surface area contributed by atoms with Crippen LogP contribution >= 0.6 is 11.6 Å². The summed E-state index contributed by atoms with van der Waals surface area (Å²) in [6.45, 7) is -0.274. The molecule has 0 fully saturated rings. The van der Waals surface area contributed by atoms with Crippen molar-refractivity contribution < 1.29 is 9.90 Å². The molecule has 0 amide bonds. The first-order chi connectivity index (χ1) is 6.00. The molecule has 13 heavy (non-hydrogen) atoms. The number of hydrogen-bond donors (Lipinski definition) is 2. The molecule has 0 bridgehead atoms. The van der Waals surface area contributed by atoms with Crippen molar-refractivity contribution in [1.82, 2.24) is 4.57 Å². The van der Waals surface area contributed by atoms with Crippen LogP contribution in [0.2, 0.25) is 5.02 Å². The van der Waals surface area contributed by atoms with Crippen molar-refractivity contribution in [3.63, 3.8) is 0 Å². The number of aliphatic carboxylic acids is 1. The molecule has 1 aromatic heterocycles. The van der Waals surface area contributed by atoms with Crippen molar-refractivity contribution in [1.29, 1.82) is 0 Å². The van der Waals surface area contributed by atoms with E-state index in [1.807, 2.05) is 0 Å². The van der Waals surface area contributed by atoms with Gasteiger partial charge in [-0.25, -0.2) is 0 Å². The van der Waals surface area contributed by atoms with Gasteiger partial charge in [-0.05, 0) is 0 Å². The lowest BCUT2D eigenvalue weighted by molar-refractivity contribution is -0.137. The van der Waals surface area contributed by atoms with Crippen LogP contribution in [-0.2, 0) is 11.3 Å². The minimum Gasteiger partial charge on any atom is -0.480 e. The van der Waals surface area contributed by atoms with Gasteiger partial charge in [0.15, 0.2) is 0 Å². The molecular weight excluding hydrogens is 196 g/mol. The second kappa shape index (κ2) is 3.49. The maximum absolute atomic E-state index is 11.0. The molecule has 6 heteroatoms.